The van der Waals surface area contributed by atoms with E-state index in [0.717, 1.165) is 28.5 Å². The quantitative estimate of drug-likeness (QED) is 0.132. The number of carboxylic acid groups (broad SMARTS) is 1. The van der Waals surface area contributed by atoms with Crippen LogP contribution < -0.4 is 22.1 Å². The Morgan fingerprint density at radius 1 is 0.574 bits per heavy atom. The number of halogens is 1. The molecule has 0 aliphatic heterocycles. The number of quaternary nitrogens is 2. The van der Waals surface area contributed by atoms with E-state index in [-0.39, 0.29) is 17.0 Å². The van der Waals surface area contributed by atoms with Crippen LogP contribution in [0.3, 0.4) is 0 Å². The molecule has 0 radical (unpaired) electrons. The van der Waals surface area contributed by atoms with Gasteiger partial charge in [-0.15, -0.1) is 0 Å². The smallest absolute Gasteiger partial charge is 0.104 e. The summed E-state index contributed by atoms with van der Waals surface area (Å²) >= 11 is 0. The molecule has 4 nitrogen and oxygen atoms in total. The van der Waals surface area contributed by atoms with Gasteiger partial charge in [-0.05, 0) is 86.3 Å². The third-order valence-corrected chi connectivity index (χ3v) is 7.80. The molecule has 6 rings (SSSR count). The highest BCUT2D eigenvalue weighted by Gasteiger charge is 2.13. The van der Waals surface area contributed by atoms with Gasteiger partial charge >= 0.3 is 0 Å². The Hall–Kier alpha value is -4.03. The van der Waals surface area contributed by atoms with Crippen molar-refractivity contribution in [1.82, 2.24) is 0 Å². The van der Waals surface area contributed by atoms with E-state index in [2.05, 4.69) is 151 Å². The van der Waals surface area contributed by atoms with Crippen LogP contribution in [0.1, 0.15) is 31.4 Å². The van der Waals surface area contributed by atoms with E-state index in [9.17, 15) is 9.90 Å². The number of benzene rings is 6. The Kier molecular flexibility index (Phi) is 12.9. The van der Waals surface area contributed by atoms with Crippen molar-refractivity contribution < 1.29 is 35.8 Å². The Bertz CT molecular complexity index is 1870. The molecule has 0 amide bonds. The van der Waals surface area contributed by atoms with Crippen molar-refractivity contribution in [3.05, 3.63) is 132 Å². The van der Waals surface area contributed by atoms with Crippen molar-refractivity contribution in [1.29, 1.82) is 0 Å². The first kappa shape index (κ1) is 37.4. The number of allylic oxidation sites excluding steroid dienone is 1. The van der Waals surface area contributed by atoms with E-state index in [4.69, 9.17) is 0 Å². The average molecular weight is 694 g/mol. The molecular weight excluding hydrogens is 644 g/mol. The first-order valence-corrected chi connectivity index (χ1v) is 16.0. The van der Waals surface area contributed by atoms with Gasteiger partial charge in [0.15, 0.2) is 0 Å². The van der Waals surface area contributed by atoms with Gasteiger partial charge in [0, 0.05) is 11.1 Å². The van der Waals surface area contributed by atoms with Crippen LogP contribution in [0.4, 0.5) is 0 Å². The molecule has 0 aliphatic rings. The largest absolute Gasteiger partial charge is 1.00 e. The number of rotatable bonds is 6. The standard InChI is InChI=1S/2C18H20N.C6H10O2.BrH/c2*1-19(2,3)13-17-10-6-9-16-11-14-7-4-5-8-15(14)12-18(16)17;1-3-4-5(2)6(7)8;/h2*4-12H,13H2,1-3H3;4H,3H2,1-2H3,(H,7,8);1H/q2*+1;;/p-2. The maximum atomic E-state index is 9.91. The van der Waals surface area contributed by atoms with Gasteiger partial charge in [-0.3, -0.25) is 0 Å². The SMILES string of the molecule is CCC=C(C)C(=O)[O-].C[N+](C)(C)Cc1cccc2cc3ccccc3cc12.C[N+](C)(C)Cc1cccc2cc3ccccc3cc12.[Br-]. The van der Waals surface area contributed by atoms with E-state index in [1.165, 1.54) is 61.1 Å². The summed E-state index contributed by atoms with van der Waals surface area (Å²) in [5.41, 5.74) is 3.17. The number of fused-ring (bicyclic) bond motifs is 4. The molecule has 0 saturated carbocycles. The highest BCUT2D eigenvalue weighted by Crippen LogP contribution is 2.28. The van der Waals surface area contributed by atoms with Crippen LogP contribution in [0.5, 0.6) is 0 Å². The molecule has 0 unspecified atom stereocenters. The van der Waals surface area contributed by atoms with Crippen LogP contribution >= 0.6 is 0 Å². The minimum atomic E-state index is -1.08. The minimum Gasteiger partial charge on any atom is -1.00 e. The molecule has 0 aromatic heterocycles. The maximum Gasteiger partial charge on any atom is 0.104 e. The zero-order valence-corrected chi connectivity index (χ0v) is 30.8. The van der Waals surface area contributed by atoms with Crippen molar-refractivity contribution in [2.75, 3.05) is 42.3 Å². The van der Waals surface area contributed by atoms with Crippen LogP contribution in [0.25, 0.3) is 43.1 Å². The predicted molar refractivity (Wildman–Crippen MR) is 195 cm³/mol. The van der Waals surface area contributed by atoms with Crippen LogP contribution in [-0.4, -0.2) is 57.2 Å². The summed E-state index contributed by atoms with van der Waals surface area (Å²) in [5.74, 6) is -1.08. The Balaban J connectivity index is 0.000000206. The average Bonchev–Trinajstić information content (AvgIpc) is 2.99. The van der Waals surface area contributed by atoms with E-state index < -0.39 is 5.97 Å². The third-order valence-electron chi connectivity index (χ3n) is 7.80. The van der Waals surface area contributed by atoms with Gasteiger partial charge in [-0.2, -0.15) is 0 Å². The zero-order valence-electron chi connectivity index (χ0n) is 29.2. The summed E-state index contributed by atoms with van der Waals surface area (Å²) in [6.07, 6.45) is 2.37. The zero-order chi connectivity index (χ0) is 33.5. The summed E-state index contributed by atoms with van der Waals surface area (Å²) in [4.78, 5) is 9.91. The number of carbonyl (C=O) groups is 1. The van der Waals surface area contributed by atoms with Crippen molar-refractivity contribution in [3.63, 3.8) is 0 Å². The van der Waals surface area contributed by atoms with Crippen LogP contribution in [0.2, 0.25) is 0 Å². The Morgan fingerprint density at radius 2 is 0.915 bits per heavy atom. The van der Waals surface area contributed by atoms with Crippen molar-refractivity contribution in [2.45, 2.75) is 33.4 Å². The number of carbonyl (C=O) groups excluding carboxylic acids is 1. The molecule has 5 heteroatoms. The van der Waals surface area contributed by atoms with Gasteiger partial charge in [0.05, 0.1) is 48.3 Å². The minimum absolute atomic E-state index is 0. The van der Waals surface area contributed by atoms with Gasteiger partial charge < -0.3 is 35.8 Å². The van der Waals surface area contributed by atoms with Gasteiger partial charge in [0.1, 0.15) is 13.1 Å². The van der Waals surface area contributed by atoms with E-state index >= 15 is 0 Å². The lowest BCUT2D eigenvalue weighted by Gasteiger charge is -2.24. The van der Waals surface area contributed by atoms with Crippen molar-refractivity contribution >= 4 is 49.1 Å². The fourth-order valence-corrected chi connectivity index (χ4v) is 5.75. The van der Waals surface area contributed by atoms with Crippen molar-refractivity contribution in [2.24, 2.45) is 0 Å². The Morgan fingerprint density at radius 3 is 1.21 bits per heavy atom. The highest BCUT2D eigenvalue weighted by molar-refractivity contribution is 6.00. The second-order valence-electron chi connectivity index (χ2n) is 14.2. The second kappa shape index (κ2) is 16.2. The second-order valence-corrected chi connectivity index (χ2v) is 14.2. The molecule has 47 heavy (non-hydrogen) atoms. The maximum absolute atomic E-state index is 9.91. The monoisotopic (exact) mass is 692 g/mol. The molecule has 0 fully saturated rings. The van der Waals surface area contributed by atoms with E-state index in [1.54, 1.807) is 6.08 Å². The summed E-state index contributed by atoms with van der Waals surface area (Å²) in [5, 5.41) is 20.6. The summed E-state index contributed by atoms with van der Waals surface area (Å²) < 4.78 is 1.90. The summed E-state index contributed by atoms with van der Waals surface area (Å²) in [7, 11) is 13.4. The molecule has 6 aromatic rings. The highest BCUT2D eigenvalue weighted by atomic mass is 79.9. The molecule has 0 N–H and O–H groups in total. The van der Waals surface area contributed by atoms with Crippen LogP contribution in [0, 0.1) is 0 Å². The molecule has 0 aliphatic carbocycles. The first-order chi connectivity index (χ1) is 21.7. The van der Waals surface area contributed by atoms with Gasteiger partial charge in [-0.25, -0.2) is 0 Å². The molecule has 0 heterocycles. The fraction of sp³-hybridized carbons (Fsp3) is 0.262. The normalized spacial score (nSPS) is 11.8. The predicted octanol–water partition coefficient (Wildman–Crippen LogP) is 5.50. The molecule has 0 spiro atoms. The van der Waals surface area contributed by atoms with E-state index in [1.807, 2.05) is 6.92 Å². The van der Waals surface area contributed by atoms with Crippen LogP contribution in [0.15, 0.2) is 121 Å². The Labute approximate surface area is 291 Å². The molecule has 6 aromatic carbocycles. The summed E-state index contributed by atoms with van der Waals surface area (Å²) in [6.45, 7) is 5.51. The number of hydrogen-bond donors (Lipinski definition) is 0. The molecule has 0 atom stereocenters. The topological polar surface area (TPSA) is 40.1 Å². The van der Waals surface area contributed by atoms with Gasteiger partial charge in [-0.1, -0.05) is 97.9 Å². The number of aliphatic carboxylic acids is 1. The van der Waals surface area contributed by atoms with Gasteiger partial charge in [0.2, 0.25) is 0 Å². The number of nitrogens with zero attached hydrogens (tertiary/aromatic N) is 2. The summed E-state index contributed by atoms with van der Waals surface area (Å²) in [6, 6.07) is 39.7. The lowest BCUT2D eigenvalue weighted by Crippen LogP contribution is -3.00. The van der Waals surface area contributed by atoms with Gasteiger partial charge in [0.25, 0.3) is 0 Å². The van der Waals surface area contributed by atoms with E-state index in [0.29, 0.717) is 5.57 Å². The lowest BCUT2D eigenvalue weighted by molar-refractivity contribution is -0.883. The fourth-order valence-electron chi connectivity index (χ4n) is 5.75. The lowest BCUT2D eigenvalue weighted by atomic mass is 9.99. The number of carboxylic acids is 1. The third kappa shape index (κ3) is 10.8. The molecule has 0 bridgehead atoms. The molecular formula is C42H49BrN2O2. The molecule has 0 saturated heterocycles. The first-order valence-electron chi connectivity index (χ1n) is 16.0. The van der Waals surface area contributed by atoms with Crippen LogP contribution in [-0.2, 0) is 17.9 Å². The number of hydrogen-bond acceptors (Lipinski definition) is 2. The van der Waals surface area contributed by atoms with Crippen molar-refractivity contribution in [3.8, 4) is 0 Å². The molecule has 246 valence electrons.